The summed E-state index contributed by atoms with van der Waals surface area (Å²) in [5.74, 6) is 2.80. The van der Waals surface area contributed by atoms with Gasteiger partial charge in [0.2, 0.25) is 0 Å². The average molecular weight is 229 g/mol. The normalized spacial score (nSPS) is 24.3. The number of ether oxygens (including phenoxy) is 2. The van der Waals surface area contributed by atoms with Gasteiger partial charge in [0.25, 0.3) is 0 Å². The van der Waals surface area contributed by atoms with Gasteiger partial charge in [-0.25, -0.2) is 0 Å². The Labute approximate surface area is 101 Å². The van der Waals surface area contributed by atoms with Crippen LogP contribution in [0, 0.1) is 11.3 Å². The Kier molecular flexibility index (Phi) is 2.25. The molecule has 2 unspecified atom stereocenters. The number of hydrogen-bond donors (Lipinski definition) is 0. The van der Waals surface area contributed by atoms with Crippen LogP contribution in [0.5, 0.6) is 11.5 Å². The van der Waals surface area contributed by atoms with E-state index in [4.69, 9.17) is 9.47 Å². The van der Waals surface area contributed by atoms with Gasteiger partial charge in [-0.2, -0.15) is 5.26 Å². The monoisotopic (exact) mass is 229 g/mol. The van der Waals surface area contributed by atoms with Crippen LogP contribution in [-0.4, -0.2) is 14.2 Å². The standard InChI is InChI=1S/C14H15NO2/c1-16-11-6-10(7-15)14(17-2)13-9-4-3-8(5-9)12(11)13/h6,8-9H,3-5H2,1-2H3. The maximum absolute atomic E-state index is 9.19. The van der Waals surface area contributed by atoms with E-state index in [1.165, 1.54) is 30.4 Å². The molecule has 0 heterocycles. The average Bonchev–Trinajstić information content (AvgIpc) is 2.98. The molecule has 2 aliphatic carbocycles. The van der Waals surface area contributed by atoms with Gasteiger partial charge in [0.05, 0.1) is 19.8 Å². The fourth-order valence-corrected chi connectivity index (χ4v) is 3.48. The van der Waals surface area contributed by atoms with Crippen LogP contribution in [0.2, 0.25) is 0 Å². The number of benzene rings is 1. The second kappa shape index (κ2) is 3.66. The lowest BCUT2D eigenvalue weighted by Crippen LogP contribution is -2.05. The number of hydrogen-bond acceptors (Lipinski definition) is 3. The maximum atomic E-state index is 9.19. The topological polar surface area (TPSA) is 42.2 Å². The summed E-state index contributed by atoms with van der Waals surface area (Å²) in [4.78, 5) is 0. The molecule has 3 nitrogen and oxygen atoms in total. The summed E-state index contributed by atoms with van der Waals surface area (Å²) in [6.07, 6.45) is 3.64. The number of fused-ring (bicyclic) bond motifs is 5. The summed E-state index contributed by atoms with van der Waals surface area (Å²) in [5.41, 5.74) is 3.12. The molecule has 1 aromatic carbocycles. The SMILES string of the molecule is COc1cc(C#N)c(OC)c2c1C1CCC2C1. The van der Waals surface area contributed by atoms with Gasteiger partial charge in [0.1, 0.15) is 17.6 Å². The van der Waals surface area contributed by atoms with Crippen molar-refractivity contribution in [1.82, 2.24) is 0 Å². The first kappa shape index (κ1) is 10.5. The number of methoxy groups -OCH3 is 2. The molecule has 0 saturated heterocycles. The van der Waals surface area contributed by atoms with Crippen molar-refractivity contribution in [3.63, 3.8) is 0 Å². The van der Waals surface area contributed by atoms with Gasteiger partial charge in [-0.3, -0.25) is 0 Å². The third-order valence-electron chi connectivity index (χ3n) is 4.11. The summed E-state index contributed by atoms with van der Waals surface area (Å²) in [6.45, 7) is 0. The molecule has 3 heteroatoms. The van der Waals surface area contributed by atoms with Crippen LogP contribution in [-0.2, 0) is 0 Å². The molecular formula is C14H15NO2. The molecule has 0 amide bonds. The van der Waals surface area contributed by atoms with Gasteiger partial charge in [0, 0.05) is 17.2 Å². The van der Waals surface area contributed by atoms with Crippen molar-refractivity contribution >= 4 is 0 Å². The van der Waals surface area contributed by atoms with Gasteiger partial charge >= 0.3 is 0 Å². The fraction of sp³-hybridized carbons (Fsp3) is 0.500. The Morgan fingerprint density at radius 2 is 1.88 bits per heavy atom. The van der Waals surface area contributed by atoms with Crippen molar-refractivity contribution in [3.05, 3.63) is 22.8 Å². The van der Waals surface area contributed by atoms with Crippen molar-refractivity contribution in [2.24, 2.45) is 0 Å². The Hall–Kier alpha value is -1.69. The fourth-order valence-electron chi connectivity index (χ4n) is 3.48. The van der Waals surface area contributed by atoms with Gasteiger partial charge in [-0.15, -0.1) is 0 Å². The van der Waals surface area contributed by atoms with Crippen LogP contribution < -0.4 is 9.47 Å². The molecule has 2 atom stereocenters. The predicted molar refractivity (Wildman–Crippen MR) is 63.6 cm³/mol. The molecule has 0 aromatic heterocycles. The highest BCUT2D eigenvalue weighted by Gasteiger charge is 2.42. The molecule has 3 rings (SSSR count). The van der Waals surface area contributed by atoms with Gasteiger partial charge in [-0.1, -0.05) is 0 Å². The number of rotatable bonds is 2. The van der Waals surface area contributed by atoms with Gasteiger partial charge in [0.15, 0.2) is 0 Å². The Morgan fingerprint density at radius 3 is 2.47 bits per heavy atom. The summed E-state index contributed by atoms with van der Waals surface area (Å²) >= 11 is 0. The zero-order valence-electron chi connectivity index (χ0n) is 10.1. The van der Waals surface area contributed by atoms with E-state index in [0.29, 0.717) is 17.4 Å². The van der Waals surface area contributed by atoms with Crippen LogP contribution >= 0.6 is 0 Å². The third kappa shape index (κ3) is 1.27. The quantitative estimate of drug-likeness (QED) is 0.783. The summed E-state index contributed by atoms with van der Waals surface area (Å²) in [7, 11) is 3.32. The molecule has 1 aromatic rings. The second-order valence-corrected chi connectivity index (χ2v) is 4.81. The molecule has 88 valence electrons. The van der Waals surface area contributed by atoms with E-state index in [1.807, 2.05) is 6.07 Å². The number of nitrogens with zero attached hydrogens (tertiary/aromatic N) is 1. The second-order valence-electron chi connectivity index (χ2n) is 4.81. The maximum Gasteiger partial charge on any atom is 0.140 e. The van der Waals surface area contributed by atoms with Crippen LogP contribution in [0.4, 0.5) is 0 Å². The minimum atomic E-state index is 0.562. The van der Waals surface area contributed by atoms with E-state index in [-0.39, 0.29) is 0 Å². The highest BCUT2D eigenvalue weighted by atomic mass is 16.5. The molecule has 1 fully saturated rings. The van der Waals surface area contributed by atoms with Crippen LogP contribution in [0.1, 0.15) is 47.8 Å². The molecular weight excluding hydrogens is 214 g/mol. The highest BCUT2D eigenvalue weighted by molar-refractivity contribution is 5.63. The molecule has 1 saturated carbocycles. The summed E-state index contributed by atoms with van der Waals surface area (Å²) < 4.78 is 10.9. The lowest BCUT2D eigenvalue weighted by molar-refractivity contribution is 0.390. The van der Waals surface area contributed by atoms with Crippen LogP contribution in [0.3, 0.4) is 0 Å². The van der Waals surface area contributed by atoms with Crippen molar-refractivity contribution in [3.8, 4) is 17.6 Å². The van der Waals surface area contributed by atoms with E-state index >= 15 is 0 Å². The molecule has 2 aliphatic rings. The van der Waals surface area contributed by atoms with E-state index in [0.717, 1.165) is 11.5 Å². The third-order valence-corrected chi connectivity index (χ3v) is 4.11. The lowest BCUT2D eigenvalue weighted by atomic mass is 9.88. The lowest BCUT2D eigenvalue weighted by Gasteiger charge is -2.21. The van der Waals surface area contributed by atoms with E-state index < -0.39 is 0 Å². The van der Waals surface area contributed by atoms with Crippen LogP contribution in [0.15, 0.2) is 6.07 Å². The minimum absolute atomic E-state index is 0.562. The Bertz CT molecular complexity index is 516. The highest BCUT2D eigenvalue weighted by Crippen LogP contribution is 2.59. The van der Waals surface area contributed by atoms with Gasteiger partial charge in [-0.05, 0) is 31.1 Å². The summed E-state index contributed by atoms with van der Waals surface area (Å²) in [6, 6.07) is 4.02. The van der Waals surface area contributed by atoms with Crippen LogP contribution in [0.25, 0.3) is 0 Å². The van der Waals surface area contributed by atoms with E-state index in [9.17, 15) is 5.26 Å². The Balaban J connectivity index is 2.29. The van der Waals surface area contributed by atoms with E-state index in [1.54, 1.807) is 14.2 Å². The number of nitriles is 1. The van der Waals surface area contributed by atoms with Crippen molar-refractivity contribution in [1.29, 1.82) is 5.26 Å². The zero-order valence-corrected chi connectivity index (χ0v) is 10.1. The molecule has 0 aliphatic heterocycles. The first-order valence-corrected chi connectivity index (χ1v) is 5.99. The Morgan fingerprint density at radius 1 is 1.18 bits per heavy atom. The summed E-state index contributed by atoms with van der Waals surface area (Å²) in [5, 5.41) is 9.19. The first-order chi connectivity index (χ1) is 8.30. The molecule has 0 spiro atoms. The molecule has 0 N–H and O–H groups in total. The largest absolute Gasteiger partial charge is 0.496 e. The minimum Gasteiger partial charge on any atom is -0.496 e. The van der Waals surface area contributed by atoms with E-state index in [2.05, 4.69) is 6.07 Å². The smallest absolute Gasteiger partial charge is 0.140 e. The van der Waals surface area contributed by atoms with Crippen molar-refractivity contribution in [2.75, 3.05) is 14.2 Å². The predicted octanol–water partition coefficient (Wildman–Crippen LogP) is 2.94. The van der Waals surface area contributed by atoms with Gasteiger partial charge < -0.3 is 9.47 Å². The van der Waals surface area contributed by atoms with Crippen molar-refractivity contribution in [2.45, 2.75) is 31.1 Å². The molecule has 0 radical (unpaired) electrons. The molecule has 17 heavy (non-hydrogen) atoms. The zero-order chi connectivity index (χ0) is 12.0. The molecule has 2 bridgehead atoms. The first-order valence-electron chi connectivity index (χ1n) is 5.99. The van der Waals surface area contributed by atoms with Crippen molar-refractivity contribution < 1.29 is 9.47 Å².